The SMILES string of the molecule is Cn1cc(C(=O)Nc2ccn(Cc3ccc(F)cc3)n2)cn1. The Bertz CT molecular complexity index is 790. The van der Waals surface area contributed by atoms with Crippen molar-refractivity contribution in [2.45, 2.75) is 6.54 Å². The van der Waals surface area contributed by atoms with Gasteiger partial charge in [-0.15, -0.1) is 0 Å². The number of halogens is 1. The van der Waals surface area contributed by atoms with Gasteiger partial charge in [0.2, 0.25) is 0 Å². The van der Waals surface area contributed by atoms with Crippen LogP contribution in [-0.2, 0) is 13.6 Å². The number of benzene rings is 1. The Morgan fingerprint density at radius 1 is 1.27 bits per heavy atom. The normalized spacial score (nSPS) is 10.6. The minimum atomic E-state index is -0.270. The Kier molecular flexibility index (Phi) is 3.69. The first kappa shape index (κ1) is 14.0. The molecule has 0 atom stereocenters. The van der Waals surface area contributed by atoms with Crippen LogP contribution in [0.3, 0.4) is 0 Å². The second kappa shape index (κ2) is 5.80. The van der Waals surface area contributed by atoms with Crippen molar-refractivity contribution >= 4 is 11.7 Å². The second-order valence-electron chi connectivity index (χ2n) is 4.88. The zero-order valence-electron chi connectivity index (χ0n) is 11.9. The maximum atomic E-state index is 12.9. The lowest BCUT2D eigenvalue weighted by Crippen LogP contribution is -2.12. The van der Waals surface area contributed by atoms with E-state index in [0.717, 1.165) is 5.56 Å². The average Bonchev–Trinajstić information content (AvgIpc) is 3.11. The number of aryl methyl sites for hydroxylation is 1. The molecule has 22 heavy (non-hydrogen) atoms. The lowest BCUT2D eigenvalue weighted by atomic mass is 10.2. The molecule has 3 rings (SSSR count). The van der Waals surface area contributed by atoms with Crippen LogP contribution in [0.5, 0.6) is 0 Å². The molecular formula is C15H14FN5O. The predicted octanol–water partition coefficient (Wildman–Crippen LogP) is 2.06. The summed E-state index contributed by atoms with van der Waals surface area (Å²) in [6.07, 6.45) is 4.87. The Morgan fingerprint density at radius 3 is 2.73 bits per heavy atom. The fraction of sp³-hybridized carbons (Fsp3) is 0.133. The van der Waals surface area contributed by atoms with E-state index >= 15 is 0 Å². The quantitative estimate of drug-likeness (QED) is 0.802. The maximum absolute atomic E-state index is 12.9. The third-order valence-electron chi connectivity index (χ3n) is 3.11. The van der Waals surface area contributed by atoms with Crippen molar-refractivity contribution in [1.29, 1.82) is 0 Å². The predicted molar refractivity (Wildman–Crippen MR) is 78.9 cm³/mol. The minimum Gasteiger partial charge on any atom is -0.305 e. The Labute approximate surface area is 126 Å². The van der Waals surface area contributed by atoms with Crippen LogP contribution in [0.2, 0.25) is 0 Å². The highest BCUT2D eigenvalue weighted by molar-refractivity contribution is 6.03. The monoisotopic (exact) mass is 299 g/mol. The molecule has 0 saturated heterocycles. The van der Waals surface area contributed by atoms with Gasteiger partial charge in [-0.1, -0.05) is 12.1 Å². The van der Waals surface area contributed by atoms with Gasteiger partial charge in [0.25, 0.3) is 5.91 Å². The first-order chi connectivity index (χ1) is 10.6. The fourth-order valence-corrected chi connectivity index (χ4v) is 2.02. The standard InChI is InChI=1S/C15H14FN5O/c1-20-10-12(8-17-20)15(22)18-14-6-7-21(19-14)9-11-2-4-13(16)5-3-11/h2-8,10H,9H2,1H3,(H,18,19,22). The molecule has 0 unspecified atom stereocenters. The molecule has 6 nitrogen and oxygen atoms in total. The molecule has 0 saturated carbocycles. The van der Waals surface area contributed by atoms with Gasteiger partial charge in [0.1, 0.15) is 5.82 Å². The third kappa shape index (κ3) is 3.20. The van der Waals surface area contributed by atoms with Crippen molar-refractivity contribution in [2.24, 2.45) is 7.05 Å². The number of hydrogen-bond donors (Lipinski definition) is 1. The fourth-order valence-electron chi connectivity index (χ4n) is 2.02. The highest BCUT2D eigenvalue weighted by Gasteiger charge is 2.09. The van der Waals surface area contributed by atoms with E-state index in [2.05, 4.69) is 15.5 Å². The highest BCUT2D eigenvalue weighted by atomic mass is 19.1. The van der Waals surface area contributed by atoms with Crippen molar-refractivity contribution in [2.75, 3.05) is 5.32 Å². The van der Waals surface area contributed by atoms with E-state index in [1.54, 1.807) is 47.0 Å². The molecule has 1 aromatic carbocycles. The summed E-state index contributed by atoms with van der Waals surface area (Å²) in [5.41, 5.74) is 1.39. The van der Waals surface area contributed by atoms with Gasteiger partial charge in [0.05, 0.1) is 18.3 Å². The van der Waals surface area contributed by atoms with E-state index in [4.69, 9.17) is 0 Å². The number of nitrogens with one attached hydrogen (secondary N) is 1. The van der Waals surface area contributed by atoms with E-state index < -0.39 is 0 Å². The molecule has 0 spiro atoms. The smallest absolute Gasteiger partial charge is 0.260 e. The van der Waals surface area contributed by atoms with Crippen LogP contribution in [0.15, 0.2) is 48.9 Å². The maximum Gasteiger partial charge on any atom is 0.260 e. The van der Waals surface area contributed by atoms with Crippen molar-refractivity contribution < 1.29 is 9.18 Å². The van der Waals surface area contributed by atoms with Crippen molar-refractivity contribution in [1.82, 2.24) is 19.6 Å². The number of rotatable bonds is 4. The zero-order chi connectivity index (χ0) is 15.5. The molecule has 0 aliphatic heterocycles. The minimum absolute atomic E-state index is 0.264. The molecule has 112 valence electrons. The third-order valence-corrected chi connectivity index (χ3v) is 3.11. The van der Waals surface area contributed by atoms with Crippen LogP contribution in [0, 0.1) is 5.82 Å². The summed E-state index contributed by atoms with van der Waals surface area (Å²) in [5, 5.41) is 10.9. The number of carbonyl (C=O) groups is 1. The van der Waals surface area contributed by atoms with E-state index in [-0.39, 0.29) is 11.7 Å². The van der Waals surface area contributed by atoms with E-state index in [1.807, 2.05) is 0 Å². The Morgan fingerprint density at radius 2 is 2.05 bits per heavy atom. The number of amides is 1. The Balaban J connectivity index is 1.66. The summed E-state index contributed by atoms with van der Waals surface area (Å²) in [6.45, 7) is 0.503. The molecule has 1 N–H and O–H groups in total. The van der Waals surface area contributed by atoms with Gasteiger partial charge in [0, 0.05) is 25.5 Å². The first-order valence-electron chi connectivity index (χ1n) is 6.68. The molecule has 0 aliphatic rings. The van der Waals surface area contributed by atoms with E-state index in [9.17, 15) is 9.18 Å². The molecule has 0 fully saturated rings. The first-order valence-corrected chi connectivity index (χ1v) is 6.68. The second-order valence-corrected chi connectivity index (χ2v) is 4.88. The molecule has 0 aliphatic carbocycles. The molecule has 0 bridgehead atoms. The van der Waals surface area contributed by atoms with Crippen LogP contribution < -0.4 is 5.32 Å². The summed E-state index contributed by atoms with van der Waals surface area (Å²) in [4.78, 5) is 12.0. The summed E-state index contributed by atoms with van der Waals surface area (Å²) in [5.74, 6) is -0.0789. The molecule has 7 heteroatoms. The number of hydrogen-bond acceptors (Lipinski definition) is 3. The summed E-state index contributed by atoms with van der Waals surface area (Å²) in [7, 11) is 1.74. The lowest BCUT2D eigenvalue weighted by Gasteiger charge is -2.02. The van der Waals surface area contributed by atoms with Crippen molar-refractivity contribution in [3.05, 3.63) is 65.9 Å². The molecule has 3 aromatic rings. The number of nitrogens with zero attached hydrogens (tertiary/aromatic N) is 4. The van der Waals surface area contributed by atoms with Crippen LogP contribution in [0.4, 0.5) is 10.2 Å². The summed E-state index contributed by atoms with van der Waals surface area (Å²) >= 11 is 0. The van der Waals surface area contributed by atoms with Gasteiger partial charge in [-0.05, 0) is 17.7 Å². The van der Waals surface area contributed by atoms with Gasteiger partial charge >= 0.3 is 0 Å². The van der Waals surface area contributed by atoms with Crippen LogP contribution >= 0.6 is 0 Å². The van der Waals surface area contributed by atoms with Gasteiger partial charge in [-0.2, -0.15) is 10.2 Å². The van der Waals surface area contributed by atoms with Gasteiger partial charge in [0.15, 0.2) is 5.82 Å². The lowest BCUT2D eigenvalue weighted by molar-refractivity contribution is 0.102. The summed E-state index contributed by atoms with van der Waals surface area (Å²) < 4.78 is 16.1. The van der Waals surface area contributed by atoms with Gasteiger partial charge in [-0.3, -0.25) is 14.2 Å². The van der Waals surface area contributed by atoms with E-state index in [0.29, 0.717) is 17.9 Å². The number of carbonyl (C=O) groups excluding carboxylic acids is 1. The molecular weight excluding hydrogens is 285 g/mol. The summed E-state index contributed by atoms with van der Waals surface area (Å²) in [6, 6.07) is 7.92. The number of anilines is 1. The molecule has 2 aromatic heterocycles. The number of aromatic nitrogens is 4. The topological polar surface area (TPSA) is 64.7 Å². The highest BCUT2D eigenvalue weighted by Crippen LogP contribution is 2.09. The Hall–Kier alpha value is -2.96. The van der Waals surface area contributed by atoms with E-state index in [1.165, 1.54) is 18.3 Å². The average molecular weight is 299 g/mol. The van der Waals surface area contributed by atoms with Crippen LogP contribution in [-0.4, -0.2) is 25.5 Å². The molecule has 2 heterocycles. The van der Waals surface area contributed by atoms with Gasteiger partial charge < -0.3 is 5.32 Å². The molecule has 0 radical (unpaired) electrons. The van der Waals surface area contributed by atoms with Gasteiger partial charge in [-0.25, -0.2) is 4.39 Å². The molecule has 1 amide bonds. The van der Waals surface area contributed by atoms with Crippen molar-refractivity contribution in [3.63, 3.8) is 0 Å². The zero-order valence-corrected chi connectivity index (χ0v) is 11.9. The van der Waals surface area contributed by atoms with Crippen LogP contribution in [0.1, 0.15) is 15.9 Å². The largest absolute Gasteiger partial charge is 0.305 e. The van der Waals surface area contributed by atoms with Crippen molar-refractivity contribution in [3.8, 4) is 0 Å². The van der Waals surface area contributed by atoms with Crippen LogP contribution in [0.25, 0.3) is 0 Å².